The topological polar surface area (TPSA) is 158 Å². The van der Waals surface area contributed by atoms with Crippen molar-refractivity contribution in [2.45, 2.75) is 57.2 Å². The SMILES string of the molecule is COC(=O)[C@@H]1Cc2cccc(c2)OC/C=C/COc2ccc(cc2)C[C@@H](NC(C)=O)C(=O)N[C@H](CCCCN)C(=O)N1. The zero-order valence-electron chi connectivity index (χ0n) is 24.1. The average Bonchev–Trinajstić information content (AvgIpc) is 2.97. The molecule has 0 unspecified atom stereocenters. The molecule has 4 bridgehead atoms. The number of carbonyl (C=O) groups excluding carboxylic acids is 4. The molecule has 0 radical (unpaired) electrons. The summed E-state index contributed by atoms with van der Waals surface area (Å²) in [6.07, 6.45) is 5.52. The van der Waals surface area contributed by atoms with Gasteiger partial charge >= 0.3 is 5.97 Å². The molecular formula is C31H40N4O7. The van der Waals surface area contributed by atoms with Crippen LogP contribution in [0.1, 0.15) is 37.3 Å². The van der Waals surface area contributed by atoms with Crippen LogP contribution in [0.25, 0.3) is 0 Å². The number of rotatable bonds is 6. The van der Waals surface area contributed by atoms with Crippen molar-refractivity contribution >= 4 is 23.7 Å². The highest BCUT2D eigenvalue weighted by Gasteiger charge is 2.30. The van der Waals surface area contributed by atoms with E-state index in [1.807, 2.05) is 30.4 Å². The highest BCUT2D eigenvalue weighted by molar-refractivity contribution is 5.93. The van der Waals surface area contributed by atoms with Crippen molar-refractivity contribution in [2.24, 2.45) is 5.73 Å². The number of hydrogen-bond donors (Lipinski definition) is 4. The van der Waals surface area contributed by atoms with E-state index in [1.165, 1.54) is 14.0 Å². The number of fused-ring (bicyclic) bond motifs is 14. The Morgan fingerprint density at radius 3 is 2.31 bits per heavy atom. The highest BCUT2D eigenvalue weighted by atomic mass is 16.5. The first-order valence-corrected chi connectivity index (χ1v) is 14.0. The minimum absolute atomic E-state index is 0.146. The van der Waals surface area contributed by atoms with Crippen LogP contribution in [-0.4, -0.2) is 68.7 Å². The molecule has 0 saturated heterocycles. The molecule has 5 N–H and O–H groups in total. The number of benzene rings is 2. The molecule has 0 spiro atoms. The summed E-state index contributed by atoms with van der Waals surface area (Å²) in [7, 11) is 1.25. The smallest absolute Gasteiger partial charge is 0.328 e. The van der Waals surface area contributed by atoms with Crippen molar-refractivity contribution in [3.63, 3.8) is 0 Å². The van der Waals surface area contributed by atoms with Gasteiger partial charge in [-0.15, -0.1) is 0 Å². The largest absolute Gasteiger partial charge is 0.490 e. The van der Waals surface area contributed by atoms with Crippen molar-refractivity contribution < 1.29 is 33.4 Å². The fourth-order valence-corrected chi connectivity index (χ4v) is 4.48. The summed E-state index contributed by atoms with van der Waals surface area (Å²) in [6, 6.07) is 11.5. The number of unbranched alkanes of at least 4 members (excludes halogenated alkanes) is 1. The zero-order valence-corrected chi connectivity index (χ0v) is 24.1. The summed E-state index contributed by atoms with van der Waals surface area (Å²) >= 11 is 0. The van der Waals surface area contributed by atoms with Crippen LogP contribution in [0.4, 0.5) is 0 Å². The molecular weight excluding hydrogens is 540 g/mol. The van der Waals surface area contributed by atoms with Gasteiger partial charge in [0, 0.05) is 19.8 Å². The molecule has 0 aliphatic carbocycles. The van der Waals surface area contributed by atoms with Gasteiger partial charge in [0.1, 0.15) is 42.8 Å². The predicted octanol–water partition coefficient (Wildman–Crippen LogP) is 1.58. The lowest BCUT2D eigenvalue weighted by molar-refractivity contribution is -0.145. The average molecular weight is 581 g/mol. The van der Waals surface area contributed by atoms with Gasteiger partial charge in [-0.25, -0.2) is 4.79 Å². The fraction of sp³-hybridized carbons (Fsp3) is 0.419. The van der Waals surface area contributed by atoms with Crippen LogP contribution in [0.5, 0.6) is 11.5 Å². The lowest BCUT2D eigenvalue weighted by Crippen LogP contribution is -2.56. The summed E-state index contributed by atoms with van der Waals surface area (Å²) < 4.78 is 16.5. The number of methoxy groups -OCH3 is 1. The van der Waals surface area contributed by atoms with E-state index in [1.54, 1.807) is 30.3 Å². The first-order chi connectivity index (χ1) is 20.3. The van der Waals surface area contributed by atoms with Gasteiger partial charge < -0.3 is 35.9 Å². The molecule has 2 aromatic carbocycles. The minimum Gasteiger partial charge on any atom is -0.490 e. The maximum absolute atomic E-state index is 13.5. The lowest BCUT2D eigenvalue weighted by Gasteiger charge is -2.25. The third-order valence-electron chi connectivity index (χ3n) is 6.64. The van der Waals surface area contributed by atoms with Gasteiger partial charge in [-0.1, -0.05) is 24.3 Å². The molecule has 4 rings (SSSR count). The molecule has 11 nitrogen and oxygen atoms in total. The molecule has 3 atom stereocenters. The summed E-state index contributed by atoms with van der Waals surface area (Å²) in [4.78, 5) is 51.5. The standard InChI is InChI=1S/C31H40N4O7/c1-21(36)33-27-19-22-11-13-24(14-12-22)41-16-5-6-17-42-25-9-7-8-23(18-25)20-28(31(39)40-2)35-29(37)26(34-30(27)38)10-3-4-15-32/h5-9,11-14,18,26-28H,3-4,10,15-17,19-20,32H2,1-2H3,(H,33,36)(H,34,38)(H,35,37)/b6-5+/t26-,27-,28+/m1/s1. The number of amides is 3. The van der Waals surface area contributed by atoms with Gasteiger partial charge in [0.25, 0.3) is 0 Å². The number of ether oxygens (including phenoxy) is 3. The van der Waals surface area contributed by atoms with Gasteiger partial charge in [0.15, 0.2) is 0 Å². The van der Waals surface area contributed by atoms with Gasteiger partial charge in [-0.05, 0) is 73.4 Å². The van der Waals surface area contributed by atoms with Gasteiger partial charge in [-0.3, -0.25) is 14.4 Å². The minimum atomic E-state index is -1.01. The van der Waals surface area contributed by atoms with Crippen LogP contribution in [-0.2, 0) is 36.8 Å². The number of esters is 1. The predicted molar refractivity (Wildman–Crippen MR) is 157 cm³/mol. The molecule has 11 heteroatoms. The number of nitrogens with two attached hydrogens (primary N) is 1. The van der Waals surface area contributed by atoms with Gasteiger partial charge in [-0.2, -0.15) is 0 Å². The normalized spacial score (nSPS) is 20.8. The van der Waals surface area contributed by atoms with Crippen molar-refractivity contribution in [3.05, 3.63) is 71.8 Å². The van der Waals surface area contributed by atoms with Crippen LogP contribution in [0.2, 0.25) is 0 Å². The highest BCUT2D eigenvalue weighted by Crippen LogP contribution is 2.17. The molecule has 0 fully saturated rings. The van der Waals surface area contributed by atoms with E-state index >= 15 is 0 Å². The first kappa shape index (κ1) is 32.1. The Hall–Kier alpha value is -4.38. The van der Waals surface area contributed by atoms with Crippen LogP contribution in [0.15, 0.2) is 60.7 Å². The Labute approximate surface area is 246 Å². The van der Waals surface area contributed by atoms with E-state index in [4.69, 9.17) is 19.9 Å². The van der Waals surface area contributed by atoms with Crippen molar-refractivity contribution in [1.29, 1.82) is 0 Å². The van der Waals surface area contributed by atoms with Crippen LogP contribution < -0.4 is 31.2 Å². The monoisotopic (exact) mass is 580 g/mol. The van der Waals surface area contributed by atoms with Gasteiger partial charge in [0.2, 0.25) is 17.7 Å². The number of hydrogen-bond acceptors (Lipinski definition) is 8. The van der Waals surface area contributed by atoms with Crippen LogP contribution >= 0.6 is 0 Å². The molecule has 0 saturated carbocycles. The van der Waals surface area contributed by atoms with Crippen molar-refractivity contribution in [3.8, 4) is 11.5 Å². The third-order valence-corrected chi connectivity index (χ3v) is 6.64. The first-order valence-electron chi connectivity index (χ1n) is 14.0. The Morgan fingerprint density at radius 1 is 0.929 bits per heavy atom. The summed E-state index contributed by atoms with van der Waals surface area (Å²) in [5, 5.41) is 8.21. The third kappa shape index (κ3) is 10.5. The Bertz CT molecular complexity index is 1230. The Balaban J connectivity index is 1.92. The summed E-state index contributed by atoms with van der Waals surface area (Å²) in [5.41, 5.74) is 7.19. The summed E-state index contributed by atoms with van der Waals surface area (Å²) in [6.45, 7) is 2.41. The second kappa shape index (κ2) is 16.8. The number of nitrogens with one attached hydrogen (secondary N) is 3. The quantitative estimate of drug-likeness (QED) is 0.228. The molecule has 2 aliphatic rings. The van der Waals surface area contributed by atoms with E-state index in [9.17, 15) is 19.2 Å². The number of carbonyl (C=O) groups is 4. The molecule has 3 amide bonds. The Morgan fingerprint density at radius 2 is 1.64 bits per heavy atom. The molecule has 0 aromatic heterocycles. The van der Waals surface area contributed by atoms with E-state index in [0.29, 0.717) is 50.5 Å². The molecule has 2 heterocycles. The van der Waals surface area contributed by atoms with E-state index in [2.05, 4.69) is 16.0 Å². The second-order valence-electron chi connectivity index (χ2n) is 9.98. The second-order valence-corrected chi connectivity index (χ2v) is 9.98. The van der Waals surface area contributed by atoms with Crippen molar-refractivity contribution in [2.75, 3.05) is 26.9 Å². The van der Waals surface area contributed by atoms with E-state index < -0.39 is 35.9 Å². The maximum Gasteiger partial charge on any atom is 0.328 e. The molecule has 2 aromatic rings. The summed E-state index contributed by atoms with van der Waals surface area (Å²) in [5.74, 6) is -0.829. The molecule has 226 valence electrons. The van der Waals surface area contributed by atoms with Crippen molar-refractivity contribution in [1.82, 2.24) is 16.0 Å². The van der Waals surface area contributed by atoms with Crippen LogP contribution in [0, 0.1) is 0 Å². The lowest BCUT2D eigenvalue weighted by atomic mass is 10.0. The van der Waals surface area contributed by atoms with E-state index in [-0.39, 0.29) is 18.7 Å². The van der Waals surface area contributed by atoms with E-state index in [0.717, 1.165) is 11.1 Å². The Kier molecular flexibility index (Phi) is 12.8. The molecule has 42 heavy (non-hydrogen) atoms. The fourth-order valence-electron chi connectivity index (χ4n) is 4.48. The maximum atomic E-state index is 13.5. The zero-order chi connectivity index (χ0) is 30.3. The molecule has 2 aliphatic heterocycles. The van der Waals surface area contributed by atoms with Gasteiger partial charge in [0.05, 0.1) is 7.11 Å². The van der Waals surface area contributed by atoms with Crippen LogP contribution in [0.3, 0.4) is 0 Å².